The van der Waals surface area contributed by atoms with Crippen LogP contribution in [-0.4, -0.2) is 32.1 Å². The van der Waals surface area contributed by atoms with E-state index >= 15 is 0 Å². The fourth-order valence-electron chi connectivity index (χ4n) is 0.512. The Morgan fingerprint density at radius 2 is 2.09 bits per heavy atom. The highest BCUT2D eigenvalue weighted by molar-refractivity contribution is 5.80. The molecule has 0 radical (unpaired) electrons. The zero-order chi connectivity index (χ0) is 9.07. The SMILES string of the molecule is CNC(C)(C(=O)OC)C(F)F. The number of hydrogen-bond donors (Lipinski definition) is 1. The van der Waals surface area contributed by atoms with Crippen LogP contribution in [-0.2, 0) is 9.53 Å². The smallest absolute Gasteiger partial charge is 0.331 e. The third-order valence-corrected chi connectivity index (χ3v) is 1.57. The Labute approximate surface area is 63.7 Å². The van der Waals surface area contributed by atoms with Crippen molar-refractivity contribution in [3.05, 3.63) is 0 Å². The Bertz CT molecular complexity index is 152. The molecule has 0 bridgehead atoms. The molecule has 66 valence electrons. The summed E-state index contributed by atoms with van der Waals surface area (Å²) in [5.74, 6) is -0.963. The molecule has 0 spiro atoms. The maximum atomic E-state index is 12.2. The Kier molecular flexibility index (Phi) is 3.38. The summed E-state index contributed by atoms with van der Waals surface area (Å²) in [4.78, 5) is 10.7. The summed E-state index contributed by atoms with van der Waals surface area (Å²) in [6.45, 7) is 1.09. The van der Waals surface area contributed by atoms with Gasteiger partial charge in [-0.25, -0.2) is 13.6 Å². The number of ether oxygens (including phenoxy) is 1. The number of hydrogen-bond acceptors (Lipinski definition) is 3. The van der Waals surface area contributed by atoms with Gasteiger partial charge in [0, 0.05) is 0 Å². The molecule has 0 aromatic rings. The van der Waals surface area contributed by atoms with Gasteiger partial charge >= 0.3 is 5.97 Å². The van der Waals surface area contributed by atoms with Crippen molar-refractivity contribution in [2.75, 3.05) is 14.2 Å². The lowest BCUT2D eigenvalue weighted by molar-refractivity contribution is -0.154. The van der Waals surface area contributed by atoms with E-state index in [1.165, 1.54) is 7.05 Å². The largest absolute Gasteiger partial charge is 0.467 e. The van der Waals surface area contributed by atoms with Crippen molar-refractivity contribution in [3.63, 3.8) is 0 Å². The molecular formula is C6H11F2NO2. The summed E-state index contributed by atoms with van der Waals surface area (Å²) in [5.41, 5.74) is -1.89. The van der Waals surface area contributed by atoms with Gasteiger partial charge < -0.3 is 10.1 Å². The number of methoxy groups -OCH3 is 1. The number of likely N-dealkylation sites (N-methyl/N-ethyl adjacent to an activating group) is 1. The second-order valence-electron chi connectivity index (χ2n) is 2.24. The lowest BCUT2D eigenvalue weighted by atomic mass is 10.0. The standard InChI is InChI=1S/C6H11F2NO2/c1-6(9-2,4(7)8)5(10)11-3/h4,9H,1-3H3. The number of nitrogens with one attached hydrogen (secondary N) is 1. The molecule has 0 aromatic carbocycles. The fraction of sp³-hybridized carbons (Fsp3) is 0.833. The van der Waals surface area contributed by atoms with Crippen molar-refractivity contribution in [3.8, 4) is 0 Å². The number of esters is 1. The first-order valence-corrected chi connectivity index (χ1v) is 3.04. The fourth-order valence-corrected chi connectivity index (χ4v) is 0.512. The topological polar surface area (TPSA) is 38.3 Å². The molecule has 0 saturated carbocycles. The third-order valence-electron chi connectivity index (χ3n) is 1.57. The van der Waals surface area contributed by atoms with Crippen LogP contribution < -0.4 is 5.32 Å². The van der Waals surface area contributed by atoms with Crippen molar-refractivity contribution in [1.29, 1.82) is 0 Å². The minimum atomic E-state index is -2.78. The van der Waals surface area contributed by atoms with E-state index in [1.54, 1.807) is 0 Å². The molecule has 1 N–H and O–H groups in total. The summed E-state index contributed by atoms with van der Waals surface area (Å²) in [6, 6.07) is 0. The van der Waals surface area contributed by atoms with E-state index in [9.17, 15) is 13.6 Å². The molecule has 5 heteroatoms. The molecule has 0 aliphatic heterocycles. The maximum Gasteiger partial charge on any atom is 0.331 e. The van der Waals surface area contributed by atoms with Crippen LogP contribution in [0.3, 0.4) is 0 Å². The number of carbonyl (C=O) groups is 1. The minimum absolute atomic E-state index is 0.963. The van der Waals surface area contributed by atoms with Crippen LogP contribution in [0.5, 0.6) is 0 Å². The Hall–Kier alpha value is -0.710. The van der Waals surface area contributed by atoms with E-state index in [2.05, 4.69) is 10.1 Å². The van der Waals surface area contributed by atoms with Crippen LogP contribution in [0.4, 0.5) is 8.78 Å². The summed E-state index contributed by atoms with van der Waals surface area (Å²) >= 11 is 0. The average Bonchev–Trinajstić information content (AvgIpc) is 2.01. The Morgan fingerprint density at radius 3 is 2.18 bits per heavy atom. The van der Waals surface area contributed by atoms with Crippen LogP contribution in [0.25, 0.3) is 0 Å². The number of carbonyl (C=O) groups excluding carboxylic acids is 1. The summed E-state index contributed by atoms with van der Waals surface area (Å²) in [5, 5.41) is 2.20. The molecule has 0 saturated heterocycles. The van der Waals surface area contributed by atoms with Crippen molar-refractivity contribution in [2.45, 2.75) is 18.9 Å². The first kappa shape index (κ1) is 10.3. The summed E-state index contributed by atoms with van der Waals surface area (Å²) in [7, 11) is 2.35. The second-order valence-corrected chi connectivity index (χ2v) is 2.24. The van der Waals surface area contributed by atoms with Crippen molar-refractivity contribution < 1.29 is 18.3 Å². The second kappa shape index (κ2) is 3.61. The highest BCUT2D eigenvalue weighted by atomic mass is 19.3. The molecule has 0 aliphatic carbocycles. The molecule has 11 heavy (non-hydrogen) atoms. The molecule has 0 aromatic heterocycles. The molecule has 0 aliphatic rings. The van der Waals surface area contributed by atoms with Crippen LogP contribution in [0.2, 0.25) is 0 Å². The maximum absolute atomic E-state index is 12.2. The molecule has 0 heterocycles. The molecular weight excluding hydrogens is 156 g/mol. The lowest BCUT2D eigenvalue weighted by Crippen LogP contribution is -2.54. The zero-order valence-electron chi connectivity index (χ0n) is 6.65. The van der Waals surface area contributed by atoms with Gasteiger partial charge in [-0.1, -0.05) is 0 Å². The van der Waals surface area contributed by atoms with Gasteiger partial charge in [0.25, 0.3) is 6.43 Å². The highest BCUT2D eigenvalue weighted by Crippen LogP contribution is 2.15. The lowest BCUT2D eigenvalue weighted by Gasteiger charge is -2.24. The Morgan fingerprint density at radius 1 is 1.64 bits per heavy atom. The Balaban J connectivity index is 4.45. The molecule has 1 unspecified atom stereocenters. The van der Waals surface area contributed by atoms with E-state index < -0.39 is 17.9 Å². The van der Waals surface area contributed by atoms with Crippen LogP contribution >= 0.6 is 0 Å². The van der Waals surface area contributed by atoms with Gasteiger partial charge in [-0.15, -0.1) is 0 Å². The van der Waals surface area contributed by atoms with Crippen LogP contribution in [0, 0.1) is 0 Å². The predicted molar refractivity (Wildman–Crippen MR) is 35.5 cm³/mol. The first-order chi connectivity index (χ1) is 4.99. The van der Waals surface area contributed by atoms with E-state index in [0.717, 1.165) is 14.0 Å². The van der Waals surface area contributed by atoms with E-state index in [4.69, 9.17) is 0 Å². The normalized spacial score (nSPS) is 16.2. The van der Waals surface area contributed by atoms with Crippen molar-refractivity contribution in [2.24, 2.45) is 0 Å². The molecule has 3 nitrogen and oxygen atoms in total. The minimum Gasteiger partial charge on any atom is -0.467 e. The van der Waals surface area contributed by atoms with E-state index in [1.807, 2.05) is 0 Å². The molecule has 0 rings (SSSR count). The van der Waals surface area contributed by atoms with Gasteiger partial charge in [0.15, 0.2) is 5.54 Å². The van der Waals surface area contributed by atoms with Gasteiger partial charge in [0.2, 0.25) is 0 Å². The monoisotopic (exact) mass is 167 g/mol. The molecule has 0 amide bonds. The third kappa shape index (κ3) is 1.86. The number of halogens is 2. The predicted octanol–water partition coefficient (Wildman–Crippen LogP) is 0.403. The quantitative estimate of drug-likeness (QED) is 0.618. The summed E-state index contributed by atoms with van der Waals surface area (Å²) in [6.07, 6.45) is -2.78. The van der Waals surface area contributed by atoms with Crippen molar-refractivity contribution >= 4 is 5.97 Å². The highest BCUT2D eigenvalue weighted by Gasteiger charge is 2.42. The van der Waals surface area contributed by atoms with Crippen molar-refractivity contribution in [1.82, 2.24) is 5.32 Å². The van der Waals surface area contributed by atoms with Gasteiger partial charge in [0.1, 0.15) is 0 Å². The molecule has 0 fully saturated rings. The van der Waals surface area contributed by atoms with Crippen LogP contribution in [0.15, 0.2) is 0 Å². The summed E-state index contributed by atoms with van der Waals surface area (Å²) < 4.78 is 28.5. The first-order valence-electron chi connectivity index (χ1n) is 3.04. The van der Waals surface area contributed by atoms with Gasteiger partial charge in [0.05, 0.1) is 7.11 Å². The molecule has 1 atom stereocenters. The van der Waals surface area contributed by atoms with E-state index in [0.29, 0.717) is 0 Å². The van der Waals surface area contributed by atoms with Gasteiger partial charge in [-0.2, -0.15) is 0 Å². The van der Waals surface area contributed by atoms with Gasteiger partial charge in [-0.05, 0) is 14.0 Å². The average molecular weight is 167 g/mol. The number of rotatable bonds is 3. The van der Waals surface area contributed by atoms with Gasteiger partial charge in [-0.3, -0.25) is 0 Å². The zero-order valence-corrected chi connectivity index (χ0v) is 6.65. The van der Waals surface area contributed by atoms with E-state index in [-0.39, 0.29) is 0 Å². The number of alkyl halides is 2. The van der Waals surface area contributed by atoms with Crippen LogP contribution in [0.1, 0.15) is 6.92 Å².